The Morgan fingerprint density at radius 2 is 1.34 bits per heavy atom. The first-order valence-electron chi connectivity index (χ1n) is 9.31. The molecule has 0 heterocycles. The van der Waals surface area contributed by atoms with Crippen molar-refractivity contribution >= 4 is 35.6 Å². The van der Waals surface area contributed by atoms with Gasteiger partial charge in [0.15, 0.2) is 5.96 Å². The van der Waals surface area contributed by atoms with Crippen LogP contribution in [0.4, 0.5) is 0 Å². The second-order valence-corrected chi connectivity index (χ2v) is 6.54. The third-order valence-corrected chi connectivity index (χ3v) is 3.92. The topological polar surface area (TPSA) is 293 Å². The maximum absolute atomic E-state index is 12.6. The lowest BCUT2D eigenvalue weighted by Gasteiger charge is -2.24. The van der Waals surface area contributed by atoms with Crippen molar-refractivity contribution in [2.45, 2.75) is 43.4 Å². The number of aliphatic hydroxyl groups is 2. The minimum Gasteiger partial charge on any atom is -0.481 e. The molecule has 0 saturated heterocycles. The van der Waals surface area contributed by atoms with Gasteiger partial charge in [-0.3, -0.25) is 24.2 Å². The fourth-order valence-corrected chi connectivity index (χ4v) is 2.25. The number of guanidine groups is 1. The molecule has 0 radical (unpaired) electrons. The molecule has 0 saturated carbocycles. The summed E-state index contributed by atoms with van der Waals surface area (Å²) in [6.45, 7) is -1.63. The molecule has 13 N–H and O–H groups in total. The van der Waals surface area contributed by atoms with Crippen LogP contribution in [0.1, 0.15) is 19.3 Å². The van der Waals surface area contributed by atoms with Gasteiger partial charge in [0.25, 0.3) is 0 Å². The minimum absolute atomic E-state index is 0.0605. The van der Waals surface area contributed by atoms with Gasteiger partial charge < -0.3 is 53.6 Å². The molecule has 0 aliphatic heterocycles. The monoisotopic (exact) mass is 463 g/mol. The maximum Gasteiger partial charge on any atom is 0.328 e. The van der Waals surface area contributed by atoms with Crippen LogP contribution in [0.15, 0.2) is 4.99 Å². The lowest BCUT2D eigenvalue weighted by Crippen LogP contribution is -2.58. The smallest absolute Gasteiger partial charge is 0.328 e. The molecule has 4 atom stereocenters. The second kappa shape index (κ2) is 14.5. The highest BCUT2D eigenvalue weighted by Gasteiger charge is 2.31. The number of carbonyl (C=O) groups is 5. The number of aliphatic carboxylic acids is 2. The highest BCUT2D eigenvalue weighted by atomic mass is 16.4. The zero-order valence-corrected chi connectivity index (χ0v) is 17.1. The van der Waals surface area contributed by atoms with Gasteiger partial charge in [0, 0.05) is 6.54 Å². The van der Waals surface area contributed by atoms with E-state index in [-0.39, 0.29) is 25.3 Å². The summed E-state index contributed by atoms with van der Waals surface area (Å²) in [6, 6.07) is -6.11. The van der Waals surface area contributed by atoms with Crippen LogP contribution in [-0.4, -0.2) is 100.0 Å². The van der Waals surface area contributed by atoms with Crippen molar-refractivity contribution < 1.29 is 44.4 Å². The van der Waals surface area contributed by atoms with Crippen molar-refractivity contribution in [3.05, 3.63) is 0 Å². The number of hydrogen-bond acceptors (Lipinski definition) is 9. The molecule has 0 spiro atoms. The van der Waals surface area contributed by atoms with Gasteiger partial charge in [-0.15, -0.1) is 0 Å². The number of carbonyl (C=O) groups excluding carboxylic acids is 3. The Balaban J connectivity index is 5.49. The maximum atomic E-state index is 12.6. The number of hydrogen-bond donors (Lipinski definition) is 10. The molecule has 0 aliphatic carbocycles. The Labute approximate surface area is 182 Å². The van der Waals surface area contributed by atoms with Crippen LogP contribution in [0.2, 0.25) is 0 Å². The second-order valence-electron chi connectivity index (χ2n) is 6.54. The number of aliphatic imine (C=N–C) groups is 1. The molecular weight excluding hydrogens is 434 g/mol. The SMILES string of the molecule is NC(N)=NCCCC(NC(=O)C(CC(=O)O)NC(=O)C(N)CO)C(=O)NC(CO)C(=O)O. The zero-order valence-electron chi connectivity index (χ0n) is 17.1. The van der Waals surface area contributed by atoms with Crippen molar-refractivity contribution in [3.8, 4) is 0 Å². The summed E-state index contributed by atoms with van der Waals surface area (Å²) in [4.78, 5) is 62.7. The number of nitrogens with two attached hydrogens (primary N) is 3. The first-order chi connectivity index (χ1) is 14.9. The zero-order chi connectivity index (χ0) is 24.8. The van der Waals surface area contributed by atoms with Crippen molar-refractivity contribution in [2.24, 2.45) is 22.2 Å². The highest BCUT2D eigenvalue weighted by molar-refractivity contribution is 5.95. The number of carboxylic acids is 2. The Kier molecular flexibility index (Phi) is 12.9. The molecule has 0 aromatic carbocycles. The van der Waals surface area contributed by atoms with E-state index in [1.54, 1.807) is 0 Å². The van der Waals surface area contributed by atoms with Crippen LogP contribution in [0, 0.1) is 0 Å². The van der Waals surface area contributed by atoms with Crippen molar-refractivity contribution in [1.82, 2.24) is 16.0 Å². The van der Waals surface area contributed by atoms with Crippen LogP contribution in [0.3, 0.4) is 0 Å². The predicted octanol–water partition coefficient (Wildman–Crippen LogP) is -5.63. The number of rotatable bonds is 15. The fourth-order valence-electron chi connectivity index (χ4n) is 2.25. The molecule has 0 aliphatic rings. The Bertz CT molecular complexity index is 712. The van der Waals surface area contributed by atoms with Crippen LogP contribution in [0.25, 0.3) is 0 Å². The molecule has 32 heavy (non-hydrogen) atoms. The molecular formula is C16H29N7O9. The van der Waals surface area contributed by atoms with Gasteiger partial charge in [0.05, 0.1) is 19.6 Å². The normalized spacial score (nSPS) is 14.2. The molecule has 0 bridgehead atoms. The van der Waals surface area contributed by atoms with Gasteiger partial charge in [-0.1, -0.05) is 0 Å². The third kappa shape index (κ3) is 11.0. The van der Waals surface area contributed by atoms with Gasteiger partial charge in [0.1, 0.15) is 24.2 Å². The fraction of sp³-hybridized carbons (Fsp3) is 0.625. The largest absolute Gasteiger partial charge is 0.481 e. The van der Waals surface area contributed by atoms with Gasteiger partial charge >= 0.3 is 11.9 Å². The van der Waals surface area contributed by atoms with Crippen molar-refractivity contribution in [3.63, 3.8) is 0 Å². The van der Waals surface area contributed by atoms with Crippen molar-refractivity contribution in [2.75, 3.05) is 19.8 Å². The third-order valence-electron chi connectivity index (χ3n) is 3.92. The van der Waals surface area contributed by atoms with E-state index in [0.29, 0.717) is 0 Å². The molecule has 0 aromatic heterocycles. The average Bonchev–Trinajstić information content (AvgIpc) is 2.71. The van der Waals surface area contributed by atoms with Gasteiger partial charge in [-0.2, -0.15) is 0 Å². The summed E-state index contributed by atoms with van der Waals surface area (Å²) in [5.74, 6) is -6.27. The summed E-state index contributed by atoms with van der Waals surface area (Å²) in [6.07, 6.45) is -0.819. The van der Waals surface area contributed by atoms with Crippen LogP contribution >= 0.6 is 0 Å². The summed E-state index contributed by atoms with van der Waals surface area (Å²) < 4.78 is 0. The predicted molar refractivity (Wildman–Crippen MR) is 108 cm³/mol. The van der Waals surface area contributed by atoms with E-state index >= 15 is 0 Å². The summed E-state index contributed by atoms with van der Waals surface area (Å²) in [5.41, 5.74) is 15.7. The van der Waals surface area contributed by atoms with Gasteiger partial charge in [-0.25, -0.2) is 4.79 Å². The molecule has 16 heteroatoms. The molecule has 4 unspecified atom stereocenters. The van der Waals surface area contributed by atoms with Crippen LogP contribution in [0.5, 0.6) is 0 Å². The Morgan fingerprint density at radius 3 is 1.81 bits per heavy atom. The Hall–Kier alpha value is -3.50. The van der Waals surface area contributed by atoms with Crippen molar-refractivity contribution in [1.29, 1.82) is 0 Å². The number of nitrogens with zero attached hydrogens (tertiary/aromatic N) is 1. The Morgan fingerprint density at radius 1 is 0.812 bits per heavy atom. The molecule has 16 nitrogen and oxygen atoms in total. The molecule has 0 fully saturated rings. The van der Waals surface area contributed by atoms with E-state index in [2.05, 4.69) is 15.6 Å². The minimum atomic E-state index is -1.66. The van der Waals surface area contributed by atoms with E-state index < -0.39 is 73.5 Å². The molecule has 0 aromatic rings. The quantitative estimate of drug-likeness (QED) is 0.0617. The number of nitrogens with one attached hydrogen (secondary N) is 3. The van der Waals surface area contributed by atoms with E-state index in [1.165, 1.54) is 0 Å². The van der Waals surface area contributed by atoms with Crippen LogP contribution < -0.4 is 33.2 Å². The summed E-state index contributed by atoms with van der Waals surface area (Å²) in [5, 5.41) is 42.3. The van der Waals surface area contributed by atoms with E-state index in [1.807, 2.05) is 5.32 Å². The first kappa shape index (κ1) is 28.5. The first-order valence-corrected chi connectivity index (χ1v) is 9.31. The molecule has 3 amide bonds. The number of amides is 3. The van der Waals surface area contributed by atoms with Gasteiger partial charge in [0.2, 0.25) is 17.7 Å². The molecule has 182 valence electrons. The lowest BCUT2D eigenvalue weighted by atomic mass is 10.1. The average molecular weight is 463 g/mol. The van der Waals surface area contributed by atoms with Gasteiger partial charge in [-0.05, 0) is 12.8 Å². The number of aliphatic hydroxyl groups excluding tert-OH is 2. The highest BCUT2D eigenvalue weighted by Crippen LogP contribution is 2.03. The van der Waals surface area contributed by atoms with E-state index in [9.17, 15) is 24.0 Å². The number of carboxylic acid groups (broad SMARTS) is 2. The van der Waals surface area contributed by atoms with E-state index in [4.69, 9.17) is 37.6 Å². The lowest BCUT2D eigenvalue weighted by molar-refractivity contribution is -0.144. The van der Waals surface area contributed by atoms with Crippen LogP contribution in [-0.2, 0) is 24.0 Å². The standard InChI is InChI=1S/C16H29N7O9/c17-7(5-24)12(28)22-9(4-11(26)27)14(30)21-8(2-1-3-20-16(18)19)13(29)23-10(6-25)15(31)32/h7-10,24-25H,1-6,17H2,(H,21,30)(H,22,28)(H,23,29)(H,26,27)(H,31,32)(H4,18,19,20). The molecule has 0 rings (SSSR count). The van der Waals surface area contributed by atoms with E-state index in [0.717, 1.165) is 0 Å². The summed E-state index contributed by atoms with van der Waals surface area (Å²) in [7, 11) is 0. The summed E-state index contributed by atoms with van der Waals surface area (Å²) >= 11 is 0.